The summed E-state index contributed by atoms with van der Waals surface area (Å²) in [5.41, 5.74) is 1.09. The summed E-state index contributed by atoms with van der Waals surface area (Å²) in [4.78, 5) is 15.6. The number of rotatable bonds is 3. The summed E-state index contributed by atoms with van der Waals surface area (Å²) < 4.78 is 5.34. The lowest BCUT2D eigenvalue weighted by atomic mass is 9.93. The number of aliphatic imine (C=N–C) groups is 1. The lowest BCUT2D eigenvalue weighted by Gasteiger charge is -2.27. The van der Waals surface area contributed by atoms with Crippen LogP contribution >= 0.6 is 0 Å². The highest BCUT2D eigenvalue weighted by atomic mass is 16.5. The summed E-state index contributed by atoms with van der Waals surface area (Å²) in [6.45, 7) is 1.46. The Hall–Kier alpha value is -1.64. The van der Waals surface area contributed by atoms with Crippen LogP contribution in [0.4, 0.5) is 0 Å². The third kappa shape index (κ3) is 3.69. The normalized spacial score (nSPS) is 24.1. The molecule has 0 amide bonds. The first-order valence-electron chi connectivity index (χ1n) is 6.51. The van der Waals surface area contributed by atoms with Gasteiger partial charge in [-0.05, 0) is 24.8 Å². The number of hydrogen-bond acceptors (Lipinski definition) is 3. The van der Waals surface area contributed by atoms with Gasteiger partial charge >= 0.3 is 5.97 Å². The number of carbonyl (C=O) groups is 1. The third-order valence-electron chi connectivity index (χ3n) is 3.20. The first-order valence-corrected chi connectivity index (χ1v) is 6.51. The molecule has 0 saturated heterocycles. The summed E-state index contributed by atoms with van der Waals surface area (Å²) in [7, 11) is 0. The molecule has 0 radical (unpaired) electrons. The van der Waals surface area contributed by atoms with E-state index in [1.54, 1.807) is 0 Å². The van der Waals surface area contributed by atoms with Crippen LogP contribution in [0.25, 0.3) is 0 Å². The molecule has 96 valence electrons. The zero-order valence-electron chi connectivity index (χ0n) is 10.7. The van der Waals surface area contributed by atoms with E-state index in [-0.39, 0.29) is 18.1 Å². The van der Waals surface area contributed by atoms with Gasteiger partial charge in [-0.1, -0.05) is 36.8 Å². The molecule has 2 rings (SSSR count). The monoisotopic (exact) mass is 245 g/mol. The minimum atomic E-state index is -0.207. The SMILES string of the molecule is CC(=O)O[C@@H]1CCCC[C@@H]1N=Cc1ccccc1. The highest BCUT2D eigenvalue weighted by Gasteiger charge is 2.26. The molecule has 0 spiro atoms. The summed E-state index contributed by atoms with van der Waals surface area (Å²) in [6, 6.07) is 10.1. The van der Waals surface area contributed by atoms with Gasteiger partial charge in [0, 0.05) is 13.1 Å². The summed E-state index contributed by atoms with van der Waals surface area (Å²) in [6.07, 6.45) is 6.05. The van der Waals surface area contributed by atoms with Gasteiger partial charge in [-0.15, -0.1) is 0 Å². The maximum absolute atomic E-state index is 11.1. The Bertz CT molecular complexity index is 414. The highest BCUT2D eigenvalue weighted by molar-refractivity contribution is 5.79. The molecule has 0 N–H and O–H groups in total. The fraction of sp³-hybridized carbons (Fsp3) is 0.467. The van der Waals surface area contributed by atoms with Gasteiger partial charge in [-0.25, -0.2) is 0 Å². The van der Waals surface area contributed by atoms with Crippen LogP contribution in [0.3, 0.4) is 0 Å². The standard InChI is InChI=1S/C15H19NO2/c1-12(17)18-15-10-6-5-9-14(15)16-11-13-7-3-2-4-8-13/h2-4,7-8,11,14-15H,5-6,9-10H2,1H3/t14-,15+/m0/s1. The predicted molar refractivity (Wildman–Crippen MR) is 71.8 cm³/mol. The van der Waals surface area contributed by atoms with Crippen LogP contribution in [0.1, 0.15) is 38.2 Å². The maximum Gasteiger partial charge on any atom is 0.302 e. The number of ether oxygens (including phenoxy) is 1. The van der Waals surface area contributed by atoms with Crippen LogP contribution in [-0.2, 0) is 9.53 Å². The molecule has 0 bridgehead atoms. The molecular formula is C15H19NO2. The van der Waals surface area contributed by atoms with Gasteiger partial charge in [0.1, 0.15) is 6.10 Å². The number of hydrogen-bond donors (Lipinski definition) is 0. The van der Waals surface area contributed by atoms with E-state index in [4.69, 9.17) is 4.74 Å². The van der Waals surface area contributed by atoms with Crippen molar-refractivity contribution >= 4 is 12.2 Å². The molecule has 1 saturated carbocycles. The van der Waals surface area contributed by atoms with Crippen molar-refractivity contribution in [3.05, 3.63) is 35.9 Å². The van der Waals surface area contributed by atoms with Crippen molar-refractivity contribution in [2.24, 2.45) is 4.99 Å². The molecule has 0 unspecified atom stereocenters. The lowest BCUT2D eigenvalue weighted by Crippen LogP contribution is -2.32. The molecule has 1 aromatic carbocycles. The fourth-order valence-corrected chi connectivity index (χ4v) is 2.32. The van der Waals surface area contributed by atoms with Gasteiger partial charge in [0.2, 0.25) is 0 Å². The van der Waals surface area contributed by atoms with E-state index in [2.05, 4.69) is 4.99 Å². The first kappa shape index (κ1) is 12.8. The smallest absolute Gasteiger partial charge is 0.302 e. The van der Waals surface area contributed by atoms with Crippen molar-refractivity contribution in [2.75, 3.05) is 0 Å². The molecule has 1 fully saturated rings. The van der Waals surface area contributed by atoms with E-state index in [0.29, 0.717) is 0 Å². The molecule has 18 heavy (non-hydrogen) atoms. The predicted octanol–water partition coefficient (Wildman–Crippen LogP) is 2.98. The van der Waals surface area contributed by atoms with Crippen LogP contribution in [-0.4, -0.2) is 24.3 Å². The molecule has 0 aromatic heterocycles. The number of nitrogens with zero attached hydrogens (tertiary/aromatic N) is 1. The summed E-state index contributed by atoms with van der Waals surface area (Å²) in [5.74, 6) is -0.207. The van der Waals surface area contributed by atoms with E-state index in [9.17, 15) is 4.79 Å². The highest BCUT2D eigenvalue weighted by Crippen LogP contribution is 2.24. The second kappa shape index (κ2) is 6.34. The molecule has 0 heterocycles. The Labute approximate surface area is 108 Å². The van der Waals surface area contributed by atoms with Gasteiger partial charge in [-0.2, -0.15) is 0 Å². The van der Waals surface area contributed by atoms with Crippen LogP contribution in [0.5, 0.6) is 0 Å². The Morgan fingerprint density at radius 1 is 1.28 bits per heavy atom. The Morgan fingerprint density at radius 3 is 2.72 bits per heavy atom. The number of esters is 1. The van der Waals surface area contributed by atoms with Crippen molar-refractivity contribution in [1.82, 2.24) is 0 Å². The van der Waals surface area contributed by atoms with Crippen molar-refractivity contribution in [1.29, 1.82) is 0 Å². The van der Waals surface area contributed by atoms with E-state index in [1.807, 2.05) is 36.5 Å². The average molecular weight is 245 g/mol. The van der Waals surface area contributed by atoms with E-state index < -0.39 is 0 Å². The molecule has 1 aromatic rings. The van der Waals surface area contributed by atoms with Crippen LogP contribution in [0.15, 0.2) is 35.3 Å². The van der Waals surface area contributed by atoms with E-state index in [0.717, 1.165) is 31.2 Å². The van der Waals surface area contributed by atoms with Gasteiger partial charge in [0.05, 0.1) is 6.04 Å². The van der Waals surface area contributed by atoms with Gasteiger partial charge in [0.15, 0.2) is 0 Å². The largest absolute Gasteiger partial charge is 0.460 e. The molecular weight excluding hydrogens is 226 g/mol. The van der Waals surface area contributed by atoms with Crippen molar-refractivity contribution in [3.8, 4) is 0 Å². The Kier molecular flexibility index (Phi) is 4.51. The third-order valence-corrected chi connectivity index (χ3v) is 3.20. The molecule has 1 aliphatic rings. The van der Waals surface area contributed by atoms with Crippen molar-refractivity contribution < 1.29 is 9.53 Å². The Morgan fingerprint density at radius 2 is 2.00 bits per heavy atom. The van der Waals surface area contributed by atoms with E-state index in [1.165, 1.54) is 6.92 Å². The van der Waals surface area contributed by atoms with Crippen LogP contribution in [0, 0.1) is 0 Å². The van der Waals surface area contributed by atoms with Gasteiger partial charge < -0.3 is 4.74 Å². The second-order valence-electron chi connectivity index (χ2n) is 4.69. The number of carbonyl (C=O) groups excluding carboxylic acids is 1. The average Bonchev–Trinajstić information content (AvgIpc) is 2.38. The number of benzene rings is 1. The van der Waals surface area contributed by atoms with Gasteiger partial charge in [-0.3, -0.25) is 9.79 Å². The minimum Gasteiger partial charge on any atom is -0.460 e. The zero-order valence-corrected chi connectivity index (χ0v) is 10.7. The molecule has 2 atom stereocenters. The topological polar surface area (TPSA) is 38.7 Å². The van der Waals surface area contributed by atoms with Crippen LogP contribution in [0.2, 0.25) is 0 Å². The molecule has 1 aliphatic carbocycles. The maximum atomic E-state index is 11.1. The quantitative estimate of drug-likeness (QED) is 0.606. The first-order chi connectivity index (χ1) is 8.75. The molecule has 3 heteroatoms. The van der Waals surface area contributed by atoms with E-state index >= 15 is 0 Å². The molecule has 3 nitrogen and oxygen atoms in total. The fourth-order valence-electron chi connectivity index (χ4n) is 2.32. The summed E-state index contributed by atoms with van der Waals surface area (Å²) in [5, 5.41) is 0. The second-order valence-corrected chi connectivity index (χ2v) is 4.69. The van der Waals surface area contributed by atoms with Crippen LogP contribution < -0.4 is 0 Å². The van der Waals surface area contributed by atoms with Crippen molar-refractivity contribution in [3.63, 3.8) is 0 Å². The van der Waals surface area contributed by atoms with Crippen molar-refractivity contribution in [2.45, 2.75) is 44.8 Å². The zero-order chi connectivity index (χ0) is 12.8. The minimum absolute atomic E-state index is 0.0452. The lowest BCUT2D eigenvalue weighted by molar-refractivity contribution is -0.148. The van der Waals surface area contributed by atoms with Gasteiger partial charge in [0.25, 0.3) is 0 Å². The molecule has 0 aliphatic heterocycles. The Balaban J connectivity index is 2.01. The summed E-state index contributed by atoms with van der Waals surface area (Å²) >= 11 is 0.